The molecule has 1 atom stereocenters. The van der Waals surface area contributed by atoms with Crippen molar-refractivity contribution in [1.29, 1.82) is 0 Å². The molecule has 0 saturated heterocycles. The van der Waals surface area contributed by atoms with Gasteiger partial charge in [-0.25, -0.2) is 0 Å². The molecule has 94 valence electrons. The van der Waals surface area contributed by atoms with Gasteiger partial charge < -0.3 is 5.73 Å². The van der Waals surface area contributed by atoms with Crippen LogP contribution in [0.1, 0.15) is 77.0 Å². The lowest BCUT2D eigenvalue weighted by molar-refractivity contribution is 0.263. The van der Waals surface area contributed by atoms with E-state index in [1.54, 1.807) is 0 Å². The lowest BCUT2D eigenvalue weighted by Crippen LogP contribution is -2.32. The highest BCUT2D eigenvalue weighted by atomic mass is 14.6. The van der Waals surface area contributed by atoms with Gasteiger partial charge in [0.15, 0.2) is 0 Å². The molecule has 0 spiro atoms. The highest BCUT2D eigenvalue weighted by Crippen LogP contribution is 2.31. The molecular weight excluding hydrogens is 194 g/mol. The normalized spacial score (nSPS) is 26.8. The van der Waals surface area contributed by atoms with Crippen LogP contribution in [0.4, 0.5) is 0 Å². The molecule has 0 heterocycles. The van der Waals surface area contributed by atoms with Crippen LogP contribution >= 0.6 is 0 Å². The summed E-state index contributed by atoms with van der Waals surface area (Å²) < 4.78 is 0. The minimum absolute atomic E-state index is 0.516. The zero-order valence-corrected chi connectivity index (χ0v) is 10.8. The molecule has 2 N–H and O–H groups in total. The Morgan fingerprint density at radius 3 is 2.00 bits per heavy atom. The summed E-state index contributed by atoms with van der Waals surface area (Å²) in [6.45, 7) is 0. The topological polar surface area (TPSA) is 26.0 Å². The number of rotatable bonds is 4. The summed E-state index contributed by atoms with van der Waals surface area (Å²) in [5.74, 6) is 1.88. The van der Waals surface area contributed by atoms with Crippen molar-refractivity contribution in [1.82, 2.24) is 0 Å². The summed E-state index contributed by atoms with van der Waals surface area (Å²) in [7, 11) is 0. The van der Waals surface area contributed by atoms with Crippen LogP contribution in [0.2, 0.25) is 0 Å². The monoisotopic (exact) mass is 223 g/mol. The number of hydrogen-bond acceptors (Lipinski definition) is 1. The van der Waals surface area contributed by atoms with E-state index in [9.17, 15) is 0 Å². The lowest BCUT2D eigenvalue weighted by Gasteiger charge is -2.29. The molecule has 0 aromatic carbocycles. The molecule has 1 nitrogen and oxygen atoms in total. The Bertz CT molecular complexity index is 178. The van der Waals surface area contributed by atoms with E-state index in [1.807, 2.05) is 0 Å². The van der Waals surface area contributed by atoms with Crippen LogP contribution < -0.4 is 5.73 Å². The Morgan fingerprint density at radius 1 is 0.812 bits per heavy atom. The van der Waals surface area contributed by atoms with Gasteiger partial charge in [0.1, 0.15) is 0 Å². The molecule has 0 aliphatic heterocycles. The fourth-order valence-corrected chi connectivity index (χ4v) is 3.70. The maximum atomic E-state index is 6.37. The summed E-state index contributed by atoms with van der Waals surface area (Å²) in [4.78, 5) is 0. The number of hydrogen-bond donors (Lipinski definition) is 1. The quantitative estimate of drug-likeness (QED) is 0.757. The third kappa shape index (κ3) is 3.76. The first-order valence-electron chi connectivity index (χ1n) is 7.62. The molecule has 2 saturated carbocycles. The van der Waals surface area contributed by atoms with Crippen LogP contribution in [-0.4, -0.2) is 6.04 Å². The Kier molecular flexibility index (Phi) is 5.15. The molecule has 2 rings (SSSR count). The van der Waals surface area contributed by atoms with E-state index in [4.69, 9.17) is 5.73 Å². The van der Waals surface area contributed by atoms with Gasteiger partial charge in [0.05, 0.1) is 0 Å². The minimum Gasteiger partial charge on any atom is -0.327 e. The molecule has 2 aliphatic carbocycles. The van der Waals surface area contributed by atoms with Gasteiger partial charge in [0.2, 0.25) is 0 Å². The van der Waals surface area contributed by atoms with Crippen LogP contribution in [-0.2, 0) is 0 Å². The third-order valence-corrected chi connectivity index (χ3v) is 4.89. The van der Waals surface area contributed by atoms with Gasteiger partial charge >= 0.3 is 0 Å². The van der Waals surface area contributed by atoms with Crippen LogP contribution in [0.15, 0.2) is 0 Å². The zero-order valence-electron chi connectivity index (χ0n) is 10.8. The summed E-state index contributed by atoms with van der Waals surface area (Å²) in [6.07, 6.45) is 17.2. The second-order valence-corrected chi connectivity index (χ2v) is 6.14. The average molecular weight is 223 g/mol. The predicted octanol–water partition coefficient (Wildman–Crippen LogP) is 4.25. The molecule has 0 bridgehead atoms. The Hall–Kier alpha value is -0.0400. The van der Waals surface area contributed by atoms with E-state index in [0.717, 1.165) is 11.8 Å². The molecule has 2 fully saturated rings. The van der Waals surface area contributed by atoms with Gasteiger partial charge in [0, 0.05) is 6.04 Å². The molecule has 0 aromatic heterocycles. The fourth-order valence-electron chi connectivity index (χ4n) is 3.70. The standard InChI is InChI=1S/C15H29N/c16-15(14-9-5-2-6-10-14)12-11-13-7-3-1-4-8-13/h13-15H,1-12,16H2/t15-/m0/s1. The molecule has 0 aromatic rings. The second-order valence-electron chi connectivity index (χ2n) is 6.14. The molecule has 0 radical (unpaired) electrons. The van der Waals surface area contributed by atoms with Gasteiger partial charge in [0.25, 0.3) is 0 Å². The largest absolute Gasteiger partial charge is 0.327 e. The van der Waals surface area contributed by atoms with Gasteiger partial charge in [-0.1, -0.05) is 51.4 Å². The number of nitrogens with two attached hydrogens (primary N) is 1. The van der Waals surface area contributed by atoms with Gasteiger partial charge in [-0.05, 0) is 37.5 Å². The zero-order chi connectivity index (χ0) is 11.2. The van der Waals surface area contributed by atoms with Crippen LogP contribution in [0, 0.1) is 11.8 Å². The van der Waals surface area contributed by atoms with Gasteiger partial charge in [-0.15, -0.1) is 0 Å². The Labute approximate surface area is 101 Å². The van der Waals surface area contributed by atoms with Crippen molar-refractivity contribution in [3.05, 3.63) is 0 Å². The first kappa shape index (κ1) is 12.4. The van der Waals surface area contributed by atoms with E-state index >= 15 is 0 Å². The van der Waals surface area contributed by atoms with E-state index in [1.165, 1.54) is 77.0 Å². The summed E-state index contributed by atoms with van der Waals surface area (Å²) >= 11 is 0. The van der Waals surface area contributed by atoms with Gasteiger partial charge in [-0.3, -0.25) is 0 Å². The Morgan fingerprint density at radius 2 is 1.38 bits per heavy atom. The summed E-state index contributed by atoms with van der Waals surface area (Å²) in [5, 5.41) is 0. The van der Waals surface area contributed by atoms with Crippen LogP contribution in [0.25, 0.3) is 0 Å². The highest BCUT2D eigenvalue weighted by Gasteiger charge is 2.22. The molecule has 2 aliphatic rings. The van der Waals surface area contributed by atoms with Crippen molar-refractivity contribution in [2.75, 3.05) is 0 Å². The summed E-state index contributed by atoms with van der Waals surface area (Å²) in [6, 6.07) is 0.516. The van der Waals surface area contributed by atoms with Crippen molar-refractivity contribution in [2.45, 2.75) is 83.1 Å². The molecule has 1 heteroatoms. The average Bonchev–Trinajstić information content (AvgIpc) is 2.38. The predicted molar refractivity (Wildman–Crippen MR) is 70.4 cm³/mol. The molecule has 0 unspecified atom stereocenters. The smallest absolute Gasteiger partial charge is 0.00672 e. The van der Waals surface area contributed by atoms with Crippen molar-refractivity contribution < 1.29 is 0 Å². The first-order valence-corrected chi connectivity index (χ1v) is 7.62. The van der Waals surface area contributed by atoms with Crippen molar-refractivity contribution >= 4 is 0 Å². The first-order chi connectivity index (χ1) is 7.86. The maximum absolute atomic E-state index is 6.37. The van der Waals surface area contributed by atoms with Crippen molar-refractivity contribution in [3.8, 4) is 0 Å². The van der Waals surface area contributed by atoms with Crippen molar-refractivity contribution in [2.24, 2.45) is 17.6 Å². The minimum atomic E-state index is 0.516. The van der Waals surface area contributed by atoms with E-state index in [-0.39, 0.29) is 0 Å². The van der Waals surface area contributed by atoms with Gasteiger partial charge in [-0.2, -0.15) is 0 Å². The molecule has 0 amide bonds. The fraction of sp³-hybridized carbons (Fsp3) is 1.00. The van der Waals surface area contributed by atoms with E-state index in [0.29, 0.717) is 6.04 Å². The second kappa shape index (κ2) is 6.64. The molecule has 16 heavy (non-hydrogen) atoms. The molecular formula is C15H29N. The SMILES string of the molecule is N[C@@H](CCC1CCCCC1)C1CCCCC1. The van der Waals surface area contributed by atoms with Crippen LogP contribution in [0.3, 0.4) is 0 Å². The van der Waals surface area contributed by atoms with E-state index < -0.39 is 0 Å². The van der Waals surface area contributed by atoms with Crippen molar-refractivity contribution in [3.63, 3.8) is 0 Å². The van der Waals surface area contributed by atoms with E-state index in [2.05, 4.69) is 0 Å². The summed E-state index contributed by atoms with van der Waals surface area (Å²) in [5.41, 5.74) is 6.37. The maximum Gasteiger partial charge on any atom is 0.00672 e. The van der Waals surface area contributed by atoms with Crippen LogP contribution in [0.5, 0.6) is 0 Å². The Balaban J connectivity index is 1.63. The third-order valence-electron chi connectivity index (χ3n) is 4.89. The lowest BCUT2D eigenvalue weighted by atomic mass is 9.79. The highest BCUT2D eigenvalue weighted by molar-refractivity contribution is 4.78.